The second-order valence-electron chi connectivity index (χ2n) is 6.81. The number of aryl methyl sites for hydroxylation is 1. The lowest BCUT2D eigenvalue weighted by Crippen LogP contribution is -2.11. The van der Waals surface area contributed by atoms with Crippen LogP contribution in [0.1, 0.15) is 22.6 Å². The Hall–Kier alpha value is -3.93. The van der Waals surface area contributed by atoms with Crippen LogP contribution in [0.2, 0.25) is 0 Å². The molecule has 0 saturated heterocycles. The molecule has 2 aromatic heterocycles. The zero-order valence-corrected chi connectivity index (χ0v) is 16.1. The number of nitrogens with zero attached hydrogens (tertiary/aromatic N) is 3. The van der Waals surface area contributed by atoms with Crippen molar-refractivity contribution < 1.29 is 9.18 Å². The van der Waals surface area contributed by atoms with Crippen LogP contribution >= 0.6 is 0 Å². The average molecular weight is 398 g/mol. The minimum absolute atomic E-state index is 0.0705. The average Bonchev–Trinajstić information content (AvgIpc) is 2.79. The molecule has 6 heteroatoms. The van der Waals surface area contributed by atoms with E-state index in [4.69, 9.17) is 5.73 Å². The molecule has 4 aromatic rings. The first-order valence-corrected chi connectivity index (χ1v) is 9.53. The maximum absolute atomic E-state index is 13.4. The number of Topliss-reactive ketones (excluding diaryl/α,β-unsaturated/α-hetero) is 1. The van der Waals surface area contributed by atoms with Gasteiger partial charge >= 0.3 is 0 Å². The topological polar surface area (TPSA) is 81.8 Å². The van der Waals surface area contributed by atoms with Crippen molar-refractivity contribution in [2.45, 2.75) is 12.8 Å². The number of ketones is 1. The SMILES string of the molecule is Nc1nc(C(=O)CCc2ccccc2)nc(-c2ccncc2)c1-c1ccc(F)cc1. The van der Waals surface area contributed by atoms with Crippen molar-refractivity contribution in [3.63, 3.8) is 0 Å². The molecule has 0 radical (unpaired) electrons. The first-order chi connectivity index (χ1) is 14.6. The van der Waals surface area contributed by atoms with Gasteiger partial charge in [0.05, 0.1) is 11.3 Å². The van der Waals surface area contributed by atoms with Gasteiger partial charge in [-0.25, -0.2) is 14.4 Å². The number of halogens is 1. The summed E-state index contributed by atoms with van der Waals surface area (Å²) >= 11 is 0. The number of rotatable bonds is 6. The molecule has 2 N–H and O–H groups in total. The predicted octanol–water partition coefficient (Wildman–Crippen LogP) is 4.74. The Labute approximate surface area is 173 Å². The second-order valence-corrected chi connectivity index (χ2v) is 6.81. The van der Waals surface area contributed by atoms with E-state index in [1.807, 2.05) is 30.3 Å². The second kappa shape index (κ2) is 8.61. The molecule has 0 unspecified atom stereocenters. The lowest BCUT2D eigenvalue weighted by Gasteiger charge is -2.13. The number of pyridine rings is 1. The highest BCUT2D eigenvalue weighted by Gasteiger charge is 2.19. The van der Waals surface area contributed by atoms with Crippen LogP contribution in [-0.4, -0.2) is 20.7 Å². The molecule has 2 heterocycles. The smallest absolute Gasteiger partial charge is 0.200 e. The van der Waals surface area contributed by atoms with Gasteiger partial charge in [0.2, 0.25) is 0 Å². The van der Waals surface area contributed by atoms with Crippen LogP contribution < -0.4 is 5.73 Å². The third kappa shape index (κ3) is 4.22. The number of aromatic nitrogens is 3. The number of anilines is 1. The normalized spacial score (nSPS) is 10.7. The standard InChI is InChI=1S/C24H19FN4O/c25-19-9-7-17(8-10-19)21-22(18-12-14-27-15-13-18)28-24(29-23(21)26)20(30)11-6-16-4-2-1-3-5-16/h1-5,7-10,12-15H,6,11H2,(H2,26,28,29). The van der Waals surface area contributed by atoms with Gasteiger partial charge < -0.3 is 5.73 Å². The van der Waals surface area contributed by atoms with Gasteiger partial charge in [-0.15, -0.1) is 0 Å². The molecule has 5 nitrogen and oxygen atoms in total. The largest absolute Gasteiger partial charge is 0.383 e. The van der Waals surface area contributed by atoms with Crippen LogP contribution in [0.5, 0.6) is 0 Å². The highest BCUT2D eigenvalue weighted by Crippen LogP contribution is 2.34. The molecule has 0 aliphatic rings. The minimum atomic E-state index is -0.351. The number of carbonyl (C=O) groups is 1. The van der Waals surface area contributed by atoms with Crippen LogP contribution in [0.25, 0.3) is 22.4 Å². The van der Waals surface area contributed by atoms with Gasteiger partial charge in [0.15, 0.2) is 11.6 Å². The fourth-order valence-electron chi connectivity index (χ4n) is 3.24. The van der Waals surface area contributed by atoms with Crippen LogP contribution in [0, 0.1) is 5.82 Å². The zero-order chi connectivity index (χ0) is 20.9. The number of carbonyl (C=O) groups excluding carboxylic acids is 1. The molecule has 148 valence electrons. The molecular weight excluding hydrogens is 379 g/mol. The van der Waals surface area contributed by atoms with Crippen molar-refractivity contribution in [3.8, 4) is 22.4 Å². The number of nitrogens with two attached hydrogens (primary N) is 1. The molecule has 30 heavy (non-hydrogen) atoms. The van der Waals surface area contributed by atoms with Gasteiger partial charge in [-0.1, -0.05) is 42.5 Å². The summed E-state index contributed by atoms with van der Waals surface area (Å²) in [6.45, 7) is 0. The Morgan fingerprint density at radius 2 is 1.57 bits per heavy atom. The van der Waals surface area contributed by atoms with E-state index in [-0.39, 0.29) is 29.7 Å². The van der Waals surface area contributed by atoms with Crippen molar-refractivity contribution in [1.29, 1.82) is 0 Å². The number of nitrogen functional groups attached to an aromatic ring is 1. The van der Waals surface area contributed by atoms with Crippen LogP contribution in [0.3, 0.4) is 0 Å². The summed E-state index contributed by atoms with van der Waals surface area (Å²) in [6.07, 6.45) is 4.14. The third-order valence-corrected chi connectivity index (χ3v) is 4.76. The molecule has 4 rings (SSSR count). The van der Waals surface area contributed by atoms with Gasteiger partial charge in [-0.2, -0.15) is 0 Å². The predicted molar refractivity (Wildman–Crippen MR) is 114 cm³/mol. The van der Waals surface area contributed by atoms with E-state index in [2.05, 4.69) is 15.0 Å². The van der Waals surface area contributed by atoms with E-state index < -0.39 is 0 Å². The highest BCUT2D eigenvalue weighted by atomic mass is 19.1. The van der Waals surface area contributed by atoms with Crippen molar-refractivity contribution in [3.05, 3.63) is 96.3 Å². The Morgan fingerprint density at radius 3 is 2.27 bits per heavy atom. The Kier molecular flexibility index (Phi) is 5.57. The highest BCUT2D eigenvalue weighted by molar-refractivity contribution is 5.96. The molecule has 0 bridgehead atoms. The fourth-order valence-corrected chi connectivity index (χ4v) is 3.24. The first kappa shape index (κ1) is 19.4. The first-order valence-electron chi connectivity index (χ1n) is 9.53. The number of hydrogen-bond acceptors (Lipinski definition) is 5. The van der Waals surface area contributed by atoms with E-state index in [1.54, 1.807) is 36.7 Å². The van der Waals surface area contributed by atoms with Crippen molar-refractivity contribution in [1.82, 2.24) is 15.0 Å². The fraction of sp³-hybridized carbons (Fsp3) is 0.0833. The summed E-state index contributed by atoms with van der Waals surface area (Å²) in [5.41, 5.74) is 9.81. The van der Waals surface area contributed by atoms with E-state index >= 15 is 0 Å². The molecule has 0 amide bonds. The molecule has 0 saturated carbocycles. The molecular formula is C24H19FN4O. The lowest BCUT2D eigenvalue weighted by molar-refractivity contribution is 0.0973. The summed E-state index contributed by atoms with van der Waals surface area (Å²) in [6, 6.07) is 19.3. The summed E-state index contributed by atoms with van der Waals surface area (Å²) in [5, 5.41) is 0. The van der Waals surface area contributed by atoms with Crippen molar-refractivity contribution in [2.75, 3.05) is 5.73 Å². The lowest BCUT2D eigenvalue weighted by atomic mass is 9.99. The van der Waals surface area contributed by atoms with Gasteiger partial charge in [-0.3, -0.25) is 9.78 Å². The van der Waals surface area contributed by atoms with Gasteiger partial charge in [0.1, 0.15) is 11.6 Å². The van der Waals surface area contributed by atoms with E-state index in [9.17, 15) is 9.18 Å². The third-order valence-electron chi connectivity index (χ3n) is 4.76. The molecule has 0 atom stereocenters. The van der Waals surface area contributed by atoms with Gasteiger partial charge in [0, 0.05) is 24.4 Å². The Bertz CT molecular complexity index is 1160. The van der Waals surface area contributed by atoms with E-state index in [1.165, 1.54) is 12.1 Å². The molecule has 0 spiro atoms. The number of hydrogen-bond donors (Lipinski definition) is 1. The van der Waals surface area contributed by atoms with Crippen molar-refractivity contribution in [2.24, 2.45) is 0 Å². The van der Waals surface area contributed by atoms with E-state index in [0.717, 1.165) is 11.1 Å². The van der Waals surface area contributed by atoms with Crippen LogP contribution in [-0.2, 0) is 6.42 Å². The quantitative estimate of drug-likeness (QED) is 0.474. The Balaban J connectivity index is 1.74. The minimum Gasteiger partial charge on any atom is -0.383 e. The Morgan fingerprint density at radius 1 is 0.867 bits per heavy atom. The summed E-state index contributed by atoms with van der Waals surface area (Å²) in [4.78, 5) is 25.7. The van der Waals surface area contributed by atoms with Gasteiger partial charge in [-0.05, 0) is 41.8 Å². The summed E-state index contributed by atoms with van der Waals surface area (Å²) < 4.78 is 13.4. The maximum atomic E-state index is 13.4. The molecule has 2 aromatic carbocycles. The van der Waals surface area contributed by atoms with Crippen LogP contribution in [0.4, 0.5) is 10.2 Å². The van der Waals surface area contributed by atoms with Crippen molar-refractivity contribution >= 4 is 11.6 Å². The molecule has 0 fully saturated rings. The molecule has 0 aliphatic carbocycles. The summed E-state index contributed by atoms with van der Waals surface area (Å²) in [7, 11) is 0. The van der Waals surface area contributed by atoms with Crippen LogP contribution in [0.15, 0.2) is 79.1 Å². The number of benzene rings is 2. The zero-order valence-electron chi connectivity index (χ0n) is 16.1. The summed E-state index contributed by atoms with van der Waals surface area (Å²) in [5.74, 6) is -0.296. The molecule has 0 aliphatic heterocycles. The van der Waals surface area contributed by atoms with Gasteiger partial charge in [0.25, 0.3) is 0 Å². The maximum Gasteiger partial charge on any atom is 0.200 e. The van der Waals surface area contributed by atoms with E-state index in [0.29, 0.717) is 23.2 Å². The monoisotopic (exact) mass is 398 g/mol.